The molecule has 1 aliphatic carbocycles. The van der Waals surface area contributed by atoms with Crippen LogP contribution < -0.4 is 15.4 Å². The maximum absolute atomic E-state index is 12.8. The number of carbonyl (C=O) groups excluding carboxylic acids is 1. The lowest BCUT2D eigenvalue weighted by molar-refractivity contribution is 0.0511. The number of methoxy groups -OCH3 is 1. The zero-order valence-electron chi connectivity index (χ0n) is 16.4. The third-order valence-corrected chi connectivity index (χ3v) is 6.92. The Morgan fingerprint density at radius 1 is 1.29 bits per heavy atom. The van der Waals surface area contributed by atoms with E-state index in [-0.39, 0.29) is 34.7 Å². The molecule has 3 rings (SSSR count). The van der Waals surface area contributed by atoms with Crippen molar-refractivity contribution in [3.05, 3.63) is 29.3 Å². The van der Waals surface area contributed by atoms with Crippen LogP contribution in [0.1, 0.15) is 41.6 Å². The highest BCUT2D eigenvalue weighted by Crippen LogP contribution is 2.28. The maximum atomic E-state index is 12.8. The first-order valence-corrected chi connectivity index (χ1v) is 10.9. The smallest absolute Gasteiger partial charge is 0.251 e. The Morgan fingerprint density at radius 2 is 1.96 bits per heavy atom. The van der Waals surface area contributed by atoms with Gasteiger partial charge >= 0.3 is 0 Å². The summed E-state index contributed by atoms with van der Waals surface area (Å²) in [7, 11) is -1.91. The summed E-state index contributed by atoms with van der Waals surface area (Å²) in [6.45, 7) is 4.72. The Bertz CT molecular complexity index is 785. The first-order valence-electron chi connectivity index (χ1n) is 9.46. The Kier molecular flexibility index (Phi) is 7.87. The van der Waals surface area contributed by atoms with Crippen molar-refractivity contribution in [3.8, 4) is 0 Å². The molecule has 1 aliphatic heterocycles. The molecule has 1 heterocycles. The van der Waals surface area contributed by atoms with Crippen LogP contribution in [0.3, 0.4) is 0 Å². The summed E-state index contributed by atoms with van der Waals surface area (Å²) in [4.78, 5) is 12.9. The second-order valence-corrected chi connectivity index (χ2v) is 9.45. The molecule has 2 aliphatic rings. The fraction of sp³-hybridized carbons (Fsp3) is 0.632. The fourth-order valence-electron chi connectivity index (χ4n) is 3.50. The van der Waals surface area contributed by atoms with Crippen molar-refractivity contribution in [2.75, 3.05) is 33.4 Å². The summed E-state index contributed by atoms with van der Waals surface area (Å²) in [5.41, 5.74) is 1.07. The topological polar surface area (TPSA) is 96.5 Å². The van der Waals surface area contributed by atoms with Crippen molar-refractivity contribution in [1.29, 1.82) is 0 Å². The van der Waals surface area contributed by atoms with Crippen LogP contribution in [0.4, 0.5) is 0 Å². The number of nitrogens with one attached hydrogen (secondary N) is 3. The Morgan fingerprint density at radius 3 is 2.57 bits per heavy atom. The second kappa shape index (κ2) is 9.54. The maximum Gasteiger partial charge on any atom is 0.251 e. The predicted molar refractivity (Wildman–Crippen MR) is 111 cm³/mol. The van der Waals surface area contributed by atoms with E-state index in [4.69, 9.17) is 4.74 Å². The zero-order valence-corrected chi connectivity index (χ0v) is 18.0. The number of carbonyl (C=O) groups is 1. The van der Waals surface area contributed by atoms with Crippen LogP contribution in [0.25, 0.3) is 0 Å². The minimum absolute atomic E-state index is 0. The molecule has 1 amide bonds. The van der Waals surface area contributed by atoms with Crippen LogP contribution in [0.15, 0.2) is 23.1 Å². The summed E-state index contributed by atoms with van der Waals surface area (Å²) in [6, 6.07) is 4.74. The second-order valence-electron chi connectivity index (χ2n) is 7.74. The van der Waals surface area contributed by atoms with Crippen molar-refractivity contribution < 1.29 is 17.9 Å². The first kappa shape index (κ1) is 23.1. The normalized spacial score (nSPS) is 18.9. The molecule has 0 spiro atoms. The van der Waals surface area contributed by atoms with E-state index in [1.165, 1.54) is 6.07 Å². The number of halogens is 1. The molecule has 0 bridgehead atoms. The van der Waals surface area contributed by atoms with Gasteiger partial charge in [0.05, 0.1) is 11.5 Å². The Labute approximate surface area is 173 Å². The third kappa shape index (κ3) is 5.67. The quantitative estimate of drug-likeness (QED) is 0.581. The van der Waals surface area contributed by atoms with Gasteiger partial charge in [-0.1, -0.05) is 6.07 Å². The van der Waals surface area contributed by atoms with E-state index < -0.39 is 10.0 Å². The van der Waals surface area contributed by atoms with Gasteiger partial charge in [-0.25, -0.2) is 13.1 Å². The third-order valence-electron chi connectivity index (χ3n) is 5.40. The molecule has 1 saturated carbocycles. The summed E-state index contributed by atoms with van der Waals surface area (Å²) in [5.74, 6) is -0.245. The summed E-state index contributed by atoms with van der Waals surface area (Å²) in [6.07, 6.45) is 3.60. The summed E-state index contributed by atoms with van der Waals surface area (Å²) in [5, 5.41) is 6.33. The minimum atomic E-state index is -3.58. The minimum Gasteiger partial charge on any atom is -0.384 e. The highest BCUT2D eigenvalue weighted by molar-refractivity contribution is 7.89. The van der Waals surface area contributed by atoms with E-state index in [0.29, 0.717) is 18.7 Å². The molecule has 1 aromatic carbocycles. The average Bonchev–Trinajstić information content (AvgIpc) is 3.44. The van der Waals surface area contributed by atoms with Crippen molar-refractivity contribution >= 4 is 28.3 Å². The molecule has 28 heavy (non-hydrogen) atoms. The van der Waals surface area contributed by atoms with E-state index in [0.717, 1.165) is 44.3 Å². The van der Waals surface area contributed by atoms with Gasteiger partial charge in [0, 0.05) is 30.7 Å². The molecule has 0 unspecified atom stereocenters. The van der Waals surface area contributed by atoms with Crippen LogP contribution in [0.5, 0.6) is 0 Å². The number of ether oxygens (including phenoxy) is 1. The number of sulfonamides is 1. The number of aryl methyl sites for hydroxylation is 1. The number of rotatable bonds is 8. The molecule has 7 nitrogen and oxygen atoms in total. The van der Waals surface area contributed by atoms with E-state index in [9.17, 15) is 13.2 Å². The molecule has 158 valence electrons. The number of hydrogen-bond acceptors (Lipinski definition) is 5. The van der Waals surface area contributed by atoms with E-state index >= 15 is 0 Å². The highest BCUT2D eigenvalue weighted by atomic mass is 35.5. The van der Waals surface area contributed by atoms with Crippen molar-refractivity contribution in [2.45, 2.75) is 43.5 Å². The largest absolute Gasteiger partial charge is 0.384 e. The van der Waals surface area contributed by atoms with Gasteiger partial charge < -0.3 is 15.4 Å². The number of amides is 1. The number of benzene rings is 1. The molecule has 2 fully saturated rings. The van der Waals surface area contributed by atoms with E-state index in [1.54, 1.807) is 19.2 Å². The van der Waals surface area contributed by atoms with Crippen LogP contribution >= 0.6 is 12.4 Å². The SMILES string of the molecule is COCC1(CNC(=O)c2cc(S(=O)(=O)NC3CC3)ccc2C)CCNCC1.Cl. The van der Waals surface area contributed by atoms with Crippen molar-refractivity contribution in [3.63, 3.8) is 0 Å². The fourth-order valence-corrected chi connectivity index (χ4v) is 4.83. The number of piperidine rings is 1. The van der Waals surface area contributed by atoms with Crippen molar-refractivity contribution in [2.24, 2.45) is 5.41 Å². The van der Waals surface area contributed by atoms with Gasteiger partial charge in [0.2, 0.25) is 10.0 Å². The molecule has 0 aromatic heterocycles. The van der Waals surface area contributed by atoms with Crippen molar-refractivity contribution in [1.82, 2.24) is 15.4 Å². The van der Waals surface area contributed by atoms with Gasteiger partial charge in [-0.15, -0.1) is 12.4 Å². The molecular formula is C19H30ClN3O4S. The molecule has 3 N–H and O–H groups in total. The Balaban J connectivity index is 0.00000280. The average molecular weight is 432 g/mol. The molecule has 1 aromatic rings. The summed E-state index contributed by atoms with van der Waals surface area (Å²) < 4.78 is 32.9. The zero-order chi connectivity index (χ0) is 19.5. The van der Waals surface area contributed by atoms with Crippen LogP contribution in [-0.2, 0) is 14.8 Å². The molecular weight excluding hydrogens is 402 g/mol. The molecule has 1 saturated heterocycles. The van der Waals surface area contributed by atoms with Gasteiger partial charge in [0.1, 0.15) is 0 Å². The predicted octanol–water partition coefficient (Wildman–Crippen LogP) is 1.60. The van der Waals surface area contributed by atoms with Gasteiger partial charge in [0.15, 0.2) is 0 Å². The van der Waals surface area contributed by atoms with Gasteiger partial charge in [-0.2, -0.15) is 0 Å². The van der Waals surface area contributed by atoms with E-state index in [1.807, 2.05) is 6.92 Å². The van der Waals surface area contributed by atoms with Gasteiger partial charge in [-0.05, 0) is 63.4 Å². The summed E-state index contributed by atoms with van der Waals surface area (Å²) >= 11 is 0. The standard InChI is InChI=1S/C19H29N3O4S.ClH/c1-14-3-6-16(27(24,25)22-15-4-5-15)11-17(14)18(23)21-12-19(13-26-2)7-9-20-10-8-19;/h3,6,11,15,20,22H,4-5,7-10,12-13H2,1-2H3,(H,21,23);1H. The lowest BCUT2D eigenvalue weighted by Crippen LogP contribution is -2.47. The van der Waals surface area contributed by atoms with Crippen LogP contribution in [0.2, 0.25) is 0 Å². The van der Waals surface area contributed by atoms with Gasteiger partial charge in [0.25, 0.3) is 5.91 Å². The molecule has 9 heteroatoms. The number of hydrogen-bond donors (Lipinski definition) is 3. The molecule has 0 radical (unpaired) electrons. The molecule has 0 atom stereocenters. The van der Waals surface area contributed by atoms with Crippen LogP contribution in [-0.4, -0.2) is 53.7 Å². The monoisotopic (exact) mass is 431 g/mol. The Hall–Kier alpha value is -1.19. The highest BCUT2D eigenvalue weighted by Gasteiger charge is 2.33. The van der Waals surface area contributed by atoms with Gasteiger partial charge in [-0.3, -0.25) is 4.79 Å². The van der Waals surface area contributed by atoms with E-state index in [2.05, 4.69) is 15.4 Å². The van der Waals surface area contributed by atoms with Crippen LogP contribution in [0, 0.1) is 12.3 Å². The lowest BCUT2D eigenvalue weighted by Gasteiger charge is -2.37. The first-order chi connectivity index (χ1) is 12.9. The lowest BCUT2D eigenvalue weighted by atomic mass is 9.79.